The first-order valence-corrected chi connectivity index (χ1v) is 7.62. The van der Waals surface area contributed by atoms with Crippen LogP contribution < -0.4 is 0 Å². The van der Waals surface area contributed by atoms with Crippen molar-refractivity contribution < 1.29 is 9.84 Å². The first-order chi connectivity index (χ1) is 8.33. The van der Waals surface area contributed by atoms with Crippen LogP contribution in [0.3, 0.4) is 0 Å². The van der Waals surface area contributed by atoms with E-state index in [4.69, 9.17) is 4.74 Å². The molecule has 0 amide bonds. The van der Waals surface area contributed by atoms with Gasteiger partial charge in [-0.25, -0.2) is 0 Å². The Labute approximate surface area is 107 Å². The highest BCUT2D eigenvalue weighted by atomic mass is 32.2. The van der Waals surface area contributed by atoms with Crippen molar-refractivity contribution in [3.8, 4) is 0 Å². The molecule has 2 nitrogen and oxygen atoms in total. The number of rotatable bonds is 3. The fourth-order valence-corrected chi connectivity index (χ4v) is 4.66. The molecule has 1 heterocycles. The maximum absolute atomic E-state index is 9.72. The molecule has 0 saturated heterocycles. The molecule has 0 bridgehead atoms. The summed E-state index contributed by atoms with van der Waals surface area (Å²) in [5.41, 5.74) is 0. The van der Waals surface area contributed by atoms with Gasteiger partial charge in [0.25, 0.3) is 0 Å². The molecule has 3 aliphatic rings. The molecule has 1 aliphatic heterocycles. The Kier molecular flexibility index (Phi) is 3.48. The third-order valence-electron chi connectivity index (χ3n) is 4.37. The Hall–Kier alpha value is -0.410. The highest BCUT2D eigenvalue weighted by Gasteiger charge is 2.42. The Morgan fingerprint density at radius 1 is 1.35 bits per heavy atom. The van der Waals surface area contributed by atoms with Gasteiger partial charge in [0.15, 0.2) is 5.09 Å². The molecule has 2 unspecified atom stereocenters. The summed E-state index contributed by atoms with van der Waals surface area (Å²) in [4.78, 5) is 0. The number of hydrogen-bond acceptors (Lipinski definition) is 3. The number of ether oxygens (including phenoxy) is 1. The first kappa shape index (κ1) is 11.7. The number of fused-ring (bicyclic) bond motifs is 1. The van der Waals surface area contributed by atoms with Crippen LogP contribution in [-0.2, 0) is 4.74 Å². The average molecular weight is 252 g/mol. The topological polar surface area (TPSA) is 29.5 Å². The van der Waals surface area contributed by atoms with E-state index in [0.29, 0.717) is 6.61 Å². The lowest BCUT2D eigenvalue weighted by atomic mass is 9.93. The molecule has 0 aromatic carbocycles. The smallest absolute Gasteiger partial charge is 0.153 e. The van der Waals surface area contributed by atoms with Gasteiger partial charge in [-0.2, -0.15) is 0 Å². The van der Waals surface area contributed by atoms with Crippen molar-refractivity contribution in [2.75, 3.05) is 12.4 Å². The van der Waals surface area contributed by atoms with Crippen LogP contribution in [0.5, 0.6) is 0 Å². The summed E-state index contributed by atoms with van der Waals surface area (Å²) in [6.45, 7) is 0.717. The van der Waals surface area contributed by atoms with Crippen molar-refractivity contribution in [1.82, 2.24) is 0 Å². The van der Waals surface area contributed by atoms with Gasteiger partial charge in [0.2, 0.25) is 0 Å². The van der Waals surface area contributed by atoms with E-state index in [1.807, 2.05) is 17.8 Å². The van der Waals surface area contributed by atoms with E-state index in [1.165, 1.54) is 12.8 Å². The first-order valence-electron chi connectivity index (χ1n) is 6.63. The van der Waals surface area contributed by atoms with Gasteiger partial charge in [-0.3, -0.25) is 0 Å². The molecule has 2 saturated carbocycles. The maximum atomic E-state index is 9.72. The van der Waals surface area contributed by atoms with Gasteiger partial charge in [-0.05, 0) is 55.6 Å². The minimum Gasteiger partial charge on any atom is -0.483 e. The van der Waals surface area contributed by atoms with Crippen LogP contribution in [0.1, 0.15) is 25.7 Å². The third-order valence-corrected chi connectivity index (χ3v) is 5.50. The molecule has 2 aliphatic carbocycles. The van der Waals surface area contributed by atoms with Gasteiger partial charge in [0, 0.05) is 5.75 Å². The van der Waals surface area contributed by atoms with E-state index in [9.17, 15) is 5.11 Å². The van der Waals surface area contributed by atoms with E-state index in [-0.39, 0.29) is 6.10 Å². The second-order valence-corrected chi connectivity index (χ2v) is 6.45. The van der Waals surface area contributed by atoms with Gasteiger partial charge < -0.3 is 9.84 Å². The Morgan fingerprint density at radius 3 is 3.12 bits per heavy atom. The second-order valence-electron chi connectivity index (χ2n) is 5.42. The molecule has 17 heavy (non-hydrogen) atoms. The largest absolute Gasteiger partial charge is 0.483 e. The molecule has 3 rings (SSSR count). The lowest BCUT2D eigenvalue weighted by Gasteiger charge is -2.19. The molecule has 0 aromatic rings. The van der Waals surface area contributed by atoms with Gasteiger partial charge in [0.1, 0.15) is 6.61 Å². The number of aliphatic hydroxyl groups is 1. The van der Waals surface area contributed by atoms with Crippen molar-refractivity contribution >= 4 is 11.8 Å². The predicted octanol–water partition coefficient (Wildman–Crippen LogP) is 2.94. The molecule has 4 atom stereocenters. The summed E-state index contributed by atoms with van der Waals surface area (Å²) in [7, 11) is 0. The number of aliphatic hydroxyl groups excluding tert-OH is 1. The lowest BCUT2D eigenvalue weighted by molar-refractivity contribution is 0.168. The average Bonchev–Trinajstić information content (AvgIpc) is 2.87. The highest BCUT2D eigenvalue weighted by Crippen LogP contribution is 2.49. The van der Waals surface area contributed by atoms with Crippen molar-refractivity contribution in [3.05, 3.63) is 23.3 Å². The summed E-state index contributed by atoms with van der Waals surface area (Å²) in [6.07, 6.45) is 10.9. The van der Waals surface area contributed by atoms with Crippen molar-refractivity contribution in [2.24, 2.45) is 17.8 Å². The fourth-order valence-electron chi connectivity index (χ4n) is 3.55. The van der Waals surface area contributed by atoms with Crippen LogP contribution in [0.2, 0.25) is 0 Å². The quantitative estimate of drug-likeness (QED) is 0.837. The van der Waals surface area contributed by atoms with Crippen LogP contribution >= 0.6 is 11.8 Å². The Morgan fingerprint density at radius 2 is 2.29 bits per heavy atom. The third kappa shape index (κ3) is 2.55. The van der Waals surface area contributed by atoms with Crippen LogP contribution in [0.25, 0.3) is 0 Å². The lowest BCUT2D eigenvalue weighted by Crippen LogP contribution is -2.13. The summed E-state index contributed by atoms with van der Waals surface area (Å²) < 4.78 is 5.56. The molecule has 2 fully saturated rings. The van der Waals surface area contributed by atoms with Crippen LogP contribution in [-0.4, -0.2) is 23.6 Å². The summed E-state index contributed by atoms with van der Waals surface area (Å²) in [5.74, 6) is 3.53. The standard InChI is InChI=1S/C14H20O2S/c15-12-7-10-4-5-11(13(10)8-12)9-17-14-3-1-2-6-16-14/h1-3,10-13,15H,4-9H2/t10-,11?,12?,13+/m0/s1. The Bertz CT molecular complexity index is 337. The number of thioether (sulfide) groups is 1. The molecular formula is C14H20O2S. The van der Waals surface area contributed by atoms with Crippen molar-refractivity contribution in [2.45, 2.75) is 31.8 Å². The monoisotopic (exact) mass is 252 g/mol. The van der Waals surface area contributed by atoms with Crippen molar-refractivity contribution in [1.29, 1.82) is 0 Å². The van der Waals surface area contributed by atoms with E-state index in [1.54, 1.807) is 0 Å². The fraction of sp³-hybridized carbons (Fsp3) is 0.714. The summed E-state index contributed by atoms with van der Waals surface area (Å²) in [6, 6.07) is 0. The van der Waals surface area contributed by atoms with Gasteiger partial charge in [-0.15, -0.1) is 0 Å². The minimum atomic E-state index is -0.0223. The zero-order valence-electron chi connectivity index (χ0n) is 10.0. The predicted molar refractivity (Wildman–Crippen MR) is 70.6 cm³/mol. The SMILES string of the molecule is OC1C[C@@H]2CCC(CSC3=CC=CCO3)[C@@H]2C1. The normalized spacial score (nSPS) is 39.9. The zero-order chi connectivity index (χ0) is 11.7. The minimum absolute atomic E-state index is 0.0223. The van der Waals surface area contributed by atoms with Crippen LogP contribution in [0, 0.1) is 17.8 Å². The van der Waals surface area contributed by atoms with Crippen LogP contribution in [0.15, 0.2) is 23.3 Å². The van der Waals surface area contributed by atoms with E-state index in [0.717, 1.165) is 41.4 Å². The van der Waals surface area contributed by atoms with E-state index in [2.05, 4.69) is 12.2 Å². The molecule has 3 heteroatoms. The molecule has 0 radical (unpaired) electrons. The van der Waals surface area contributed by atoms with E-state index >= 15 is 0 Å². The van der Waals surface area contributed by atoms with E-state index < -0.39 is 0 Å². The second kappa shape index (κ2) is 5.07. The highest BCUT2D eigenvalue weighted by molar-refractivity contribution is 8.02. The molecular weight excluding hydrogens is 232 g/mol. The summed E-state index contributed by atoms with van der Waals surface area (Å²) in [5, 5.41) is 10.8. The van der Waals surface area contributed by atoms with Gasteiger partial charge >= 0.3 is 0 Å². The van der Waals surface area contributed by atoms with Crippen molar-refractivity contribution in [3.63, 3.8) is 0 Å². The molecule has 1 N–H and O–H groups in total. The van der Waals surface area contributed by atoms with Gasteiger partial charge in [-0.1, -0.05) is 17.8 Å². The Balaban J connectivity index is 1.52. The number of allylic oxidation sites excluding steroid dienone is 2. The maximum Gasteiger partial charge on any atom is 0.153 e. The van der Waals surface area contributed by atoms with Gasteiger partial charge in [0.05, 0.1) is 6.10 Å². The number of hydrogen-bond donors (Lipinski definition) is 1. The molecule has 0 spiro atoms. The molecule has 0 aromatic heterocycles. The van der Waals surface area contributed by atoms with Crippen LogP contribution in [0.4, 0.5) is 0 Å². The zero-order valence-corrected chi connectivity index (χ0v) is 10.9. The molecule has 94 valence electrons. The summed E-state index contributed by atoms with van der Waals surface area (Å²) >= 11 is 1.85.